The molecular formula is C9H17N7O. The van der Waals surface area contributed by atoms with Gasteiger partial charge < -0.3 is 15.6 Å². The minimum Gasteiger partial charge on any atom is -0.364 e. The van der Waals surface area contributed by atoms with Gasteiger partial charge in [-0.15, -0.1) is 5.11 Å². The van der Waals surface area contributed by atoms with Crippen LogP contribution in [-0.4, -0.2) is 60.0 Å². The van der Waals surface area contributed by atoms with Crippen LogP contribution in [0, 0.1) is 0 Å². The van der Waals surface area contributed by atoms with Gasteiger partial charge in [0.1, 0.15) is 0 Å². The molecule has 17 heavy (non-hydrogen) atoms. The van der Waals surface area contributed by atoms with E-state index in [0.717, 1.165) is 13.1 Å². The van der Waals surface area contributed by atoms with E-state index in [1.54, 1.807) is 12.1 Å². The van der Waals surface area contributed by atoms with E-state index in [0.29, 0.717) is 0 Å². The SMILES string of the molecule is CN(C)CCN(C)/N=N/c1nc[nH]c1C(N)=O. The highest BCUT2D eigenvalue weighted by molar-refractivity contribution is 5.94. The molecule has 1 rings (SSSR count). The summed E-state index contributed by atoms with van der Waals surface area (Å²) in [7, 11) is 5.75. The van der Waals surface area contributed by atoms with Crippen molar-refractivity contribution in [3.05, 3.63) is 12.0 Å². The van der Waals surface area contributed by atoms with Gasteiger partial charge in [-0.05, 0) is 14.1 Å². The Labute approximate surface area is 99.5 Å². The van der Waals surface area contributed by atoms with Crippen LogP contribution in [0.1, 0.15) is 10.5 Å². The maximum atomic E-state index is 11.0. The van der Waals surface area contributed by atoms with Crippen LogP contribution < -0.4 is 5.73 Å². The lowest BCUT2D eigenvalue weighted by atomic mass is 10.4. The molecule has 3 N–H and O–H groups in total. The van der Waals surface area contributed by atoms with Gasteiger partial charge in [0, 0.05) is 13.6 Å². The van der Waals surface area contributed by atoms with Gasteiger partial charge in [-0.25, -0.2) is 4.98 Å². The van der Waals surface area contributed by atoms with E-state index in [2.05, 4.69) is 20.3 Å². The number of aromatic amines is 1. The van der Waals surface area contributed by atoms with Crippen molar-refractivity contribution >= 4 is 11.7 Å². The van der Waals surface area contributed by atoms with Crippen LogP contribution in [0.4, 0.5) is 5.82 Å². The lowest BCUT2D eigenvalue weighted by Gasteiger charge is -2.14. The van der Waals surface area contributed by atoms with Crippen molar-refractivity contribution in [2.24, 2.45) is 16.1 Å². The van der Waals surface area contributed by atoms with Gasteiger partial charge >= 0.3 is 0 Å². The molecule has 94 valence electrons. The highest BCUT2D eigenvalue weighted by Crippen LogP contribution is 2.13. The summed E-state index contributed by atoms with van der Waals surface area (Å²) in [6.45, 7) is 1.59. The van der Waals surface area contributed by atoms with Gasteiger partial charge in [0.15, 0.2) is 5.69 Å². The molecular weight excluding hydrogens is 222 g/mol. The molecule has 1 aromatic heterocycles. The molecule has 1 amide bonds. The third-order valence-electron chi connectivity index (χ3n) is 2.03. The fraction of sp³-hybridized carbons (Fsp3) is 0.556. The summed E-state index contributed by atoms with van der Waals surface area (Å²) >= 11 is 0. The monoisotopic (exact) mass is 239 g/mol. The van der Waals surface area contributed by atoms with Crippen molar-refractivity contribution in [3.63, 3.8) is 0 Å². The average Bonchev–Trinajstić information content (AvgIpc) is 2.71. The highest BCUT2D eigenvalue weighted by atomic mass is 16.1. The van der Waals surface area contributed by atoms with Crippen molar-refractivity contribution in [2.45, 2.75) is 0 Å². The molecule has 0 atom stereocenters. The normalized spacial score (nSPS) is 11.3. The summed E-state index contributed by atoms with van der Waals surface area (Å²) in [4.78, 5) is 19.5. The van der Waals surface area contributed by atoms with Gasteiger partial charge in [-0.3, -0.25) is 9.80 Å². The summed E-state index contributed by atoms with van der Waals surface area (Å²) in [5.41, 5.74) is 5.29. The third kappa shape index (κ3) is 4.19. The van der Waals surface area contributed by atoms with Gasteiger partial charge in [-0.2, -0.15) is 0 Å². The van der Waals surface area contributed by atoms with Crippen molar-refractivity contribution in [3.8, 4) is 0 Å². The zero-order valence-corrected chi connectivity index (χ0v) is 10.2. The number of hydrogen-bond acceptors (Lipinski definition) is 5. The first kappa shape index (κ1) is 13.1. The van der Waals surface area contributed by atoms with Crippen LogP contribution in [0.5, 0.6) is 0 Å². The molecule has 0 aliphatic carbocycles. The molecule has 0 aliphatic rings. The fourth-order valence-corrected chi connectivity index (χ4v) is 1.05. The lowest BCUT2D eigenvalue weighted by Crippen LogP contribution is -2.24. The van der Waals surface area contributed by atoms with E-state index < -0.39 is 5.91 Å². The van der Waals surface area contributed by atoms with E-state index in [-0.39, 0.29) is 11.5 Å². The van der Waals surface area contributed by atoms with E-state index in [4.69, 9.17) is 5.73 Å². The third-order valence-corrected chi connectivity index (χ3v) is 2.03. The number of likely N-dealkylation sites (N-methyl/N-ethyl adjacent to an activating group) is 2. The summed E-state index contributed by atoms with van der Waals surface area (Å²) < 4.78 is 0. The van der Waals surface area contributed by atoms with Gasteiger partial charge in [-0.1, -0.05) is 5.22 Å². The maximum Gasteiger partial charge on any atom is 0.269 e. The van der Waals surface area contributed by atoms with Gasteiger partial charge in [0.05, 0.1) is 12.9 Å². The second-order valence-corrected chi connectivity index (χ2v) is 3.84. The molecule has 0 saturated heterocycles. The van der Waals surface area contributed by atoms with Crippen molar-refractivity contribution in [1.29, 1.82) is 0 Å². The number of nitrogens with one attached hydrogen (secondary N) is 1. The Morgan fingerprint density at radius 3 is 2.76 bits per heavy atom. The second-order valence-electron chi connectivity index (χ2n) is 3.84. The molecule has 0 aliphatic heterocycles. The average molecular weight is 239 g/mol. The number of carbonyl (C=O) groups is 1. The molecule has 0 aromatic carbocycles. The number of H-pyrrole nitrogens is 1. The van der Waals surface area contributed by atoms with Gasteiger partial charge in [0.25, 0.3) is 5.91 Å². The van der Waals surface area contributed by atoms with Crippen LogP contribution in [-0.2, 0) is 0 Å². The van der Waals surface area contributed by atoms with Crippen LogP contribution in [0.15, 0.2) is 16.7 Å². The van der Waals surface area contributed by atoms with E-state index in [1.807, 2.05) is 19.0 Å². The predicted molar refractivity (Wildman–Crippen MR) is 62.8 cm³/mol. The number of nitrogens with zero attached hydrogens (tertiary/aromatic N) is 5. The molecule has 0 spiro atoms. The number of rotatable bonds is 6. The number of imidazole rings is 1. The standard InChI is InChI=1S/C9H17N7O/c1-15(2)4-5-16(3)14-13-9-7(8(10)17)11-6-12-9/h6H,4-5H2,1-3H3,(H2,10,17)(H,11,12)/b14-13+. The van der Waals surface area contributed by atoms with E-state index in [9.17, 15) is 4.79 Å². The number of hydrogen-bond donors (Lipinski definition) is 2. The quantitative estimate of drug-likeness (QED) is 0.538. The Morgan fingerprint density at radius 2 is 2.18 bits per heavy atom. The predicted octanol–water partition coefficient (Wildman–Crippen LogP) is 0.000700. The van der Waals surface area contributed by atoms with Crippen LogP contribution >= 0.6 is 0 Å². The molecule has 1 heterocycles. The first-order valence-electron chi connectivity index (χ1n) is 5.11. The Morgan fingerprint density at radius 1 is 1.47 bits per heavy atom. The molecule has 8 heteroatoms. The van der Waals surface area contributed by atoms with Gasteiger partial charge in [0.2, 0.25) is 5.82 Å². The Bertz CT molecular complexity index is 398. The topological polar surface area (TPSA) is 103 Å². The number of amides is 1. The van der Waals surface area contributed by atoms with Crippen LogP contribution in [0.25, 0.3) is 0 Å². The number of aromatic nitrogens is 2. The van der Waals surface area contributed by atoms with Crippen LogP contribution in [0.2, 0.25) is 0 Å². The molecule has 0 radical (unpaired) electrons. The Hall–Kier alpha value is -1.96. The first-order valence-corrected chi connectivity index (χ1v) is 5.11. The number of carbonyl (C=O) groups excluding carboxylic acids is 1. The largest absolute Gasteiger partial charge is 0.364 e. The lowest BCUT2D eigenvalue weighted by molar-refractivity contribution is 0.0996. The Balaban J connectivity index is 2.57. The minimum absolute atomic E-state index is 0.162. The van der Waals surface area contributed by atoms with Crippen LogP contribution in [0.3, 0.4) is 0 Å². The fourth-order valence-electron chi connectivity index (χ4n) is 1.05. The van der Waals surface area contributed by atoms with Crippen molar-refractivity contribution < 1.29 is 4.79 Å². The number of primary amides is 1. The molecule has 8 nitrogen and oxygen atoms in total. The minimum atomic E-state index is -0.604. The van der Waals surface area contributed by atoms with Crippen molar-refractivity contribution in [2.75, 3.05) is 34.2 Å². The molecule has 1 aromatic rings. The van der Waals surface area contributed by atoms with Crippen molar-refractivity contribution in [1.82, 2.24) is 19.9 Å². The molecule has 0 unspecified atom stereocenters. The maximum absolute atomic E-state index is 11.0. The van der Waals surface area contributed by atoms with E-state index in [1.165, 1.54) is 6.33 Å². The summed E-state index contributed by atoms with van der Waals surface area (Å²) in [6, 6.07) is 0. The summed E-state index contributed by atoms with van der Waals surface area (Å²) in [5.74, 6) is -0.401. The molecule has 0 fully saturated rings. The summed E-state index contributed by atoms with van der Waals surface area (Å²) in [6.07, 6.45) is 1.36. The van der Waals surface area contributed by atoms with E-state index >= 15 is 0 Å². The molecule has 0 saturated carbocycles. The zero-order chi connectivity index (χ0) is 12.8. The molecule has 0 bridgehead atoms. The second kappa shape index (κ2) is 5.94. The smallest absolute Gasteiger partial charge is 0.269 e. The number of nitrogens with two attached hydrogens (primary N) is 1. The highest BCUT2D eigenvalue weighted by Gasteiger charge is 2.10. The first-order chi connectivity index (χ1) is 8.00. The Kier molecular flexibility index (Phi) is 4.58. The zero-order valence-electron chi connectivity index (χ0n) is 10.2. The summed E-state index contributed by atoms with van der Waals surface area (Å²) in [5, 5.41) is 9.44.